The Balaban J connectivity index is 2.25. The smallest absolute Gasteiger partial charge is 0.328 e. The van der Waals surface area contributed by atoms with Crippen molar-refractivity contribution < 1.29 is 23.8 Å². The van der Waals surface area contributed by atoms with Crippen molar-refractivity contribution >= 4 is 11.9 Å². The molecule has 1 atom stereocenters. The summed E-state index contributed by atoms with van der Waals surface area (Å²) in [5.41, 5.74) is -0.0165. The zero-order valence-corrected chi connectivity index (χ0v) is 10.4. The van der Waals surface area contributed by atoms with E-state index in [0.29, 0.717) is 19.4 Å². The Morgan fingerprint density at radius 2 is 2.21 bits per heavy atom. The van der Waals surface area contributed by atoms with Crippen molar-refractivity contribution in [1.82, 2.24) is 4.90 Å². The van der Waals surface area contributed by atoms with Crippen LogP contribution in [0.5, 0.6) is 5.75 Å². The fraction of sp³-hybridized carbons (Fsp3) is 0.385. The molecule has 102 valence electrons. The standard InChI is InChI=1S/C13H14FNO4/c1-19-13(18)10-3-2-6-15(10)12(17)9-5-4-8(14)7-11(9)16/h4-5,7,10,16H,2-3,6H2,1H3. The van der Waals surface area contributed by atoms with Gasteiger partial charge in [0.05, 0.1) is 12.7 Å². The van der Waals surface area contributed by atoms with E-state index in [1.807, 2.05) is 0 Å². The van der Waals surface area contributed by atoms with E-state index >= 15 is 0 Å². The number of benzene rings is 1. The van der Waals surface area contributed by atoms with E-state index in [4.69, 9.17) is 0 Å². The van der Waals surface area contributed by atoms with Gasteiger partial charge in [-0.05, 0) is 25.0 Å². The molecule has 5 nitrogen and oxygen atoms in total. The summed E-state index contributed by atoms with van der Waals surface area (Å²) in [6, 6.07) is 2.54. The fourth-order valence-electron chi connectivity index (χ4n) is 2.23. The van der Waals surface area contributed by atoms with Crippen LogP contribution in [-0.2, 0) is 9.53 Å². The van der Waals surface area contributed by atoms with Gasteiger partial charge in [-0.25, -0.2) is 9.18 Å². The number of hydrogen-bond acceptors (Lipinski definition) is 4. The van der Waals surface area contributed by atoms with Gasteiger partial charge in [0.15, 0.2) is 0 Å². The van der Waals surface area contributed by atoms with Crippen molar-refractivity contribution in [2.75, 3.05) is 13.7 Å². The van der Waals surface area contributed by atoms with Crippen molar-refractivity contribution in [3.63, 3.8) is 0 Å². The number of esters is 1. The Morgan fingerprint density at radius 3 is 2.84 bits per heavy atom. The molecule has 2 rings (SSSR count). The largest absolute Gasteiger partial charge is 0.507 e. The van der Waals surface area contributed by atoms with E-state index in [1.54, 1.807) is 0 Å². The number of rotatable bonds is 2. The van der Waals surface area contributed by atoms with E-state index < -0.39 is 29.5 Å². The molecule has 6 heteroatoms. The predicted molar refractivity (Wildman–Crippen MR) is 64.1 cm³/mol. The van der Waals surface area contributed by atoms with Gasteiger partial charge in [-0.3, -0.25) is 4.79 Å². The minimum Gasteiger partial charge on any atom is -0.507 e. The Bertz CT molecular complexity index is 517. The molecule has 1 fully saturated rings. The maximum absolute atomic E-state index is 12.9. The molecule has 0 radical (unpaired) electrons. The third kappa shape index (κ3) is 2.52. The van der Waals surface area contributed by atoms with Crippen LogP contribution in [0.15, 0.2) is 18.2 Å². The molecule has 1 N–H and O–H groups in total. The maximum Gasteiger partial charge on any atom is 0.328 e. The molecule has 1 aromatic rings. The number of hydrogen-bond donors (Lipinski definition) is 1. The third-order valence-corrected chi connectivity index (χ3v) is 3.18. The van der Waals surface area contributed by atoms with E-state index in [9.17, 15) is 19.1 Å². The number of carbonyl (C=O) groups is 2. The maximum atomic E-state index is 12.9. The summed E-state index contributed by atoms with van der Waals surface area (Å²) in [7, 11) is 1.26. The molecule has 1 aliphatic heterocycles. The Hall–Kier alpha value is -2.11. The molecule has 1 amide bonds. The van der Waals surface area contributed by atoms with Crippen molar-refractivity contribution in [2.45, 2.75) is 18.9 Å². The molecule has 0 aromatic heterocycles. The van der Waals surface area contributed by atoms with E-state index in [2.05, 4.69) is 4.74 Å². The van der Waals surface area contributed by atoms with Crippen LogP contribution in [0.1, 0.15) is 23.2 Å². The van der Waals surface area contributed by atoms with Gasteiger partial charge in [0.25, 0.3) is 5.91 Å². The van der Waals surface area contributed by atoms with Gasteiger partial charge in [-0.1, -0.05) is 0 Å². The number of carbonyl (C=O) groups excluding carboxylic acids is 2. The van der Waals surface area contributed by atoms with Crippen molar-refractivity contribution in [1.29, 1.82) is 0 Å². The lowest BCUT2D eigenvalue weighted by molar-refractivity contribution is -0.145. The number of nitrogens with zero attached hydrogens (tertiary/aromatic N) is 1. The lowest BCUT2D eigenvalue weighted by Gasteiger charge is -2.23. The van der Waals surface area contributed by atoms with Gasteiger partial charge < -0.3 is 14.7 Å². The first kappa shape index (κ1) is 13.3. The summed E-state index contributed by atoms with van der Waals surface area (Å²) < 4.78 is 17.5. The molecule has 0 aliphatic carbocycles. The molecule has 1 aliphatic rings. The number of halogens is 1. The first-order valence-electron chi connectivity index (χ1n) is 5.92. The van der Waals surface area contributed by atoms with Gasteiger partial charge >= 0.3 is 5.97 Å². The predicted octanol–water partition coefficient (Wildman–Crippen LogP) is 1.31. The first-order chi connectivity index (χ1) is 9.04. The molecular weight excluding hydrogens is 253 g/mol. The molecule has 0 saturated carbocycles. The zero-order chi connectivity index (χ0) is 14.0. The number of phenols is 1. The highest BCUT2D eigenvalue weighted by Crippen LogP contribution is 2.25. The Labute approximate surface area is 109 Å². The summed E-state index contributed by atoms with van der Waals surface area (Å²) in [6.45, 7) is 0.412. The number of amides is 1. The van der Waals surface area contributed by atoms with Crippen LogP contribution < -0.4 is 0 Å². The Morgan fingerprint density at radius 1 is 1.47 bits per heavy atom. The SMILES string of the molecule is COC(=O)C1CCCN1C(=O)c1ccc(F)cc1O. The summed E-state index contributed by atoms with van der Waals surface area (Å²) in [5, 5.41) is 9.60. The molecule has 0 bridgehead atoms. The van der Waals surface area contributed by atoms with Crippen LogP contribution in [0.25, 0.3) is 0 Å². The van der Waals surface area contributed by atoms with Gasteiger partial charge in [0.1, 0.15) is 17.6 Å². The topological polar surface area (TPSA) is 66.8 Å². The normalized spacial score (nSPS) is 18.4. The van der Waals surface area contributed by atoms with Crippen molar-refractivity contribution in [2.24, 2.45) is 0 Å². The minimum atomic E-state index is -0.637. The second-order valence-corrected chi connectivity index (χ2v) is 4.34. The van der Waals surface area contributed by atoms with Gasteiger partial charge in [0.2, 0.25) is 0 Å². The number of ether oxygens (including phenoxy) is 1. The van der Waals surface area contributed by atoms with Crippen LogP contribution in [0, 0.1) is 5.82 Å². The summed E-state index contributed by atoms with van der Waals surface area (Å²) >= 11 is 0. The zero-order valence-electron chi connectivity index (χ0n) is 10.4. The van der Waals surface area contributed by atoms with Crippen LogP contribution in [0.4, 0.5) is 4.39 Å². The second-order valence-electron chi connectivity index (χ2n) is 4.34. The highest BCUT2D eigenvalue weighted by Gasteiger charge is 2.36. The van der Waals surface area contributed by atoms with E-state index in [-0.39, 0.29) is 5.56 Å². The number of aromatic hydroxyl groups is 1. The van der Waals surface area contributed by atoms with E-state index in [1.165, 1.54) is 18.1 Å². The van der Waals surface area contributed by atoms with Gasteiger partial charge in [0, 0.05) is 12.6 Å². The monoisotopic (exact) mass is 267 g/mol. The number of methoxy groups -OCH3 is 1. The van der Waals surface area contributed by atoms with Crippen molar-refractivity contribution in [3.8, 4) is 5.75 Å². The summed E-state index contributed by atoms with van der Waals surface area (Å²) in [5.74, 6) is -2.03. The number of likely N-dealkylation sites (tertiary alicyclic amines) is 1. The molecular formula is C13H14FNO4. The average molecular weight is 267 g/mol. The van der Waals surface area contributed by atoms with Gasteiger partial charge in [-0.15, -0.1) is 0 Å². The molecule has 1 heterocycles. The summed E-state index contributed by atoms with van der Waals surface area (Å²) in [6.07, 6.45) is 1.22. The lowest BCUT2D eigenvalue weighted by atomic mass is 10.1. The third-order valence-electron chi connectivity index (χ3n) is 3.18. The minimum absolute atomic E-state index is 0.0165. The first-order valence-corrected chi connectivity index (χ1v) is 5.92. The van der Waals surface area contributed by atoms with Gasteiger partial charge in [-0.2, -0.15) is 0 Å². The highest BCUT2D eigenvalue weighted by atomic mass is 19.1. The summed E-state index contributed by atoms with van der Waals surface area (Å²) in [4.78, 5) is 25.2. The second kappa shape index (κ2) is 5.26. The van der Waals surface area contributed by atoms with Crippen LogP contribution >= 0.6 is 0 Å². The van der Waals surface area contributed by atoms with Crippen LogP contribution in [0.2, 0.25) is 0 Å². The van der Waals surface area contributed by atoms with Crippen LogP contribution in [0.3, 0.4) is 0 Å². The fourth-order valence-corrected chi connectivity index (χ4v) is 2.23. The highest BCUT2D eigenvalue weighted by molar-refractivity contribution is 5.99. The molecule has 19 heavy (non-hydrogen) atoms. The molecule has 1 aromatic carbocycles. The van der Waals surface area contributed by atoms with Crippen molar-refractivity contribution in [3.05, 3.63) is 29.6 Å². The molecule has 0 spiro atoms. The van der Waals surface area contributed by atoms with E-state index in [0.717, 1.165) is 12.1 Å². The number of phenolic OH excluding ortho intramolecular Hbond substituents is 1. The Kier molecular flexibility index (Phi) is 3.69. The average Bonchev–Trinajstić information content (AvgIpc) is 2.86. The van der Waals surface area contributed by atoms with Crippen LogP contribution in [-0.4, -0.2) is 41.6 Å². The lowest BCUT2D eigenvalue weighted by Crippen LogP contribution is -2.41. The molecule has 1 unspecified atom stereocenters. The quantitative estimate of drug-likeness (QED) is 0.820. The molecule has 1 saturated heterocycles.